The van der Waals surface area contributed by atoms with Crippen LogP contribution in [0.1, 0.15) is 27.7 Å². The Balaban J connectivity index is 0.000000598. The predicted molar refractivity (Wildman–Crippen MR) is 240 cm³/mol. The monoisotopic (exact) mass is 1010 g/mol. The van der Waals surface area contributed by atoms with Crippen molar-refractivity contribution in [2.24, 2.45) is 0 Å². The third kappa shape index (κ3) is 9.57. The van der Waals surface area contributed by atoms with Gasteiger partial charge in [-0.1, -0.05) is 182 Å². The van der Waals surface area contributed by atoms with Gasteiger partial charge in [0, 0.05) is 58.0 Å². The quantitative estimate of drug-likeness (QED) is 0.107. The van der Waals surface area contributed by atoms with E-state index < -0.39 is 26.6 Å². The molecule has 0 aliphatic carbocycles. The molecule has 7 rings (SSSR count). The zero-order valence-electron chi connectivity index (χ0n) is 31.2. The molecule has 10 heteroatoms. The van der Waals surface area contributed by atoms with E-state index >= 15 is 13.7 Å². The second kappa shape index (κ2) is 21.0. The van der Waals surface area contributed by atoms with E-state index in [4.69, 9.17) is 0 Å². The predicted octanol–water partition coefficient (Wildman–Crippen LogP) is 10.4. The number of benzene rings is 6. The zero-order chi connectivity index (χ0) is 36.8. The van der Waals surface area contributed by atoms with Crippen molar-refractivity contribution in [3.8, 4) is 0 Å². The van der Waals surface area contributed by atoms with Gasteiger partial charge in [0.1, 0.15) is 5.14 Å². The molecule has 6 aromatic rings. The largest absolute Gasteiger partial charge is 0.312 e. The fourth-order valence-corrected chi connectivity index (χ4v) is 26.6. The number of rotatable bonds is 9. The summed E-state index contributed by atoms with van der Waals surface area (Å²) in [7, 11) is -11.9. The van der Waals surface area contributed by atoms with Crippen LogP contribution in [0.15, 0.2) is 200 Å². The molecule has 0 saturated heterocycles. The summed E-state index contributed by atoms with van der Waals surface area (Å²) in [5.74, 6) is 0. The van der Waals surface area contributed by atoms with Crippen molar-refractivity contribution in [3.05, 3.63) is 200 Å². The van der Waals surface area contributed by atoms with Gasteiger partial charge in [0.25, 0.3) is 0 Å². The molecule has 1 heterocycles. The molecule has 1 radical (unpaired) electrons. The van der Waals surface area contributed by atoms with E-state index in [1.165, 1.54) is 0 Å². The van der Waals surface area contributed by atoms with Gasteiger partial charge >= 0.3 is 67.5 Å². The molecule has 3 nitrogen and oxygen atoms in total. The topological polar surface area (TPSA) is 51.2 Å². The Hall–Kier alpha value is -2.23. The van der Waals surface area contributed by atoms with E-state index in [2.05, 4.69) is 27.7 Å². The van der Waals surface area contributed by atoms with Crippen LogP contribution in [0.25, 0.3) is 0 Å². The first-order chi connectivity index (χ1) is 25.1. The van der Waals surface area contributed by atoms with Crippen molar-refractivity contribution in [2.45, 2.75) is 32.8 Å². The van der Waals surface area contributed by atoms with Crippen LogP contribution in [-0.4, -0.2) is 26.8 Å². The van der Waals surface area contributed by atoms with Gasteiger partial charge in [-0.25, -0.2) is 0 Å². The molecular weight excluding hydrogens is 965 g/mol. The summed E-state index contributed by atoms with van der Waals surface area (Å²) in [6.45, 7) is 9.06. The van der Waals surface area contributed by atoms with Gasteiger partial charge < -0.3 is 13.7 Å². The maximum absolute atomic E-state index is 16.6. The van der Waals surface area contributed by atoms with Crippen LogP contribution in [-0.2, 0) is 39.9 Å². The smallest absolute Gasteiger partial charge is 0.161 e. The van der Waals surface area contributed by atoms with Crippen molar-refractivity contribution >= 4 is 99.7 Å². The van der Waals surface area contributed by atoms with E-state index in [9.17, 15) is 0 Å². The summed E-state index contributed by atoms with van der Waals surface area (Å²) in [6.07, 6.45) is 0. The van der Waals surface area contributed by atoms with Crippen LogP contribution in [0.5, 0.6) is 0 Å². The molecule has 281 valence electrons. The van der Waals surface area contributed by atoms with Crippen LogP contribution >= 0.6 is 46.2 Å². The molecule has 0 bridgehead atoms. The van der Waals surface area contributed by atoms with Crippen molar-refractivity contribution in [3.63, 3.8) is 0 Å². The summed E-state index contributed by atoms with van der Waals surface area (Å²) in [4.78, 5) is 0. The average Bonchev–Trinajstić information content (AvgIpc) is 3.44. The minimum absolute atomic E-state index is 0. The molecule has 0 aromatic heterocycles. The molecule has 0 fully saturated rings. The molecule has 0 amide bonds. The average molecular weight is 1010 g/mol. The molecule has 55 heavy (non-hydrogen) atoms. The number of hydrogen-bond donors (Lipinski definition) is 0. The number of hydrogen-bond acceptors (Lipinski definition) is 3. The van der Waals surface area contributed by atoms with E-state index in [-0.39, 0.29) is 72.6 Å². The zero-order valence-corrected chi connectivity index (χ0v) is 40.6. The van der Waals surface area contributed by atoms with Gasteiger partial charge in [-0.2, -0.15) is 0 Å². The molecular formula is C45H45Cl2O3P3SbZr. The SMILES string of the molecule is C[C]1=C(C)C(C)=[C](C)[Sb]1.Cl.Cl.O=P(c1ccccc1)(c1ccccc1)C(P(=O)(c1ccccc1)c1ccccc1)P(=O)(c1ccccc1)c1ccccc1.[Zr]. The van der Waals surface area contributed by atoms with Gasteiger partial charge in [0.15, 0.2) is 21.4 Å². The number of allylic oxidation sites excluding steroid dienone is 4. The molecule has 0 N–H and O–H groups in total. The third-order valence-corrected chi connectivity index (χ3v) is 27.8. The molecule has 0 spiro atoms. The maximum Gasteiger partial charge on any atom is 0.161 e. The Kier molecular flexibility index (Phi) is 18.0. The molecule has 1 aliphatic rings. The van der Waals surface area contributed by atoms with E-state index in [1.54, 1.807) is 18.2 Å². The second-order valence-electron chi connectivity index (χ2n) is 12.9. The first-order valence-electron chi connectivity index (χ1n) is 17.3. The van der Waals surface area contributed by atoms with Crippen LogP contribution < -0.4 is 31.8 Å². The van der Waals surface area contributed by atoms with E-state index in [0.29, 0.717) is 31.8 Å². The van der Waals surface area contributed by atoms with Crippen molar-refractivity contribution in [2.75, 3.05) is 0 Å². The summed E-state index contributed by atoms with van der Waals surface area (Å²) in [5, 5.41) is 1.80. The van der Waals surface area contributed by atoms with E-state index in [0.717, 1.165) is 0 Å². The van der Waals surface area contributed by atoms with Gasteiger partial charge in [0.2, 0.25) is 0 Å². The minimum atomic E-state index is -3.97. The van der Waals surface area contributed by atoms with Gasteiger partial charge in [-0.05, 0) is 0 Å². The minimum Gasteiger partial charge on any atom is -0.312 e. The van der Waals surface area contributed by atoms with Crippen LogP contribution in [0.3, 0.4) is 0 Å². The molecule has 0 unspecified atom stereocenters. The Bertz CT molecular complexity index is 1960. The maximum atomic E-state index is 16.6. The Morgan fingerprint density at radius 1 is 0.345 bits per heavy atom. The summed E-state index contributed by atoms with van der Waals surface area (Å²) < 4.78 is 53.1. The van der Waals surface area contributed by atoms with Crippen molar-refractivity contribution in [1.29, 1.82) is 0 Å². The van der Waals surface area contributed by atoms with Gasteiger partial charge in [-0.15, -0.1) is 24.8 Å². The Morgan fingerprint density at radius 3 is 0.636 bits per heavy atom. The summed E-state index contributed by atoms with van der Waals surface area (Å²) >= 11 is -0.0356. The van der Waals surface area contributed by atoms with Crippen LogP contribution in [0.4, 0.5) is 0 Å². The van der Waals surface area contributed by atoms with Crippen LogP contribution in [0, 0.1) is 0 Å². The first kappa shape index (κ1) is 47.1. The summed E-state index contributed by atoms with van der Waals surface area (Å²) in [6, 6.07) is 55.2. The van der Waals surface area contributed by atoms with Gasteiger partial charge in [0.05, 0.1) is 0 Å². The fraction of sp³-hybridized carbons (Fsp3) is 0.111. The van der Waals surface area contributed by atoms with Crippen molar-refractivity contribution in [1.82, 2.24) is 0 Å². The fourth-order valence-electron chi connectivity index (χ4n) is 6.79. The van der Waals surface area contributed by atoms with E-state index in [1.807, 2.05) is 182 Å². The molecule has 1 aliphatic heterocycles. The summed E-state index contributed by atoms with van der Waals surface area (Å²) in [5.41, 5.74) is 3.15. The molecule has 6 aromatic carbocycles. The Labute approximate surface area is 369 Å². The van der Waals surface area contributed by atoms with Crippen LogP contribution in [0.2, 0.25) is 0 Å². The van der Waals surface area contributed by atoms with Gasteiger partial charge in [-0.3, -0.25) is 0 Å². The normalized spacial score (nSPS) is 12.8. The second-order valence-corrected chi connectivity index (χ2v) is 27.2. The Morgan fingerprint density at radius 2 is 0.509 bits per heavy atom. The third-order valence-electron chi connectivity index (χ3n) is 9.80. The first-order valence-corrected chi connectivity index (χ1v) is 25.2. The standard InChI is InChI=1S/C37H31O3P3.C8H12.2ClH.Sb.Zr/c38-41(31-19-7-1-8-20-31,32-21-9-2-10-22-32)37(42(39,33-23-11-3-12-24-33)34-25-13-4-14-26-34)43(40,35-27-15-5-16-28-35)36-29-17-6-18-30-36;1-5-7(3)8(4)6-2;;;;/h1-30,37H;1-4H3;2*1H;;. The molecule has 0 atom stereocenters. The number of halogens is 2. The van der Waals surface area contributed by atoms with Crippen molar-refractivity contribution < 1.29 is 39.9 Å². The molecule has 0 saturated carbocycles.